The van der Waals surface area contributed by atoms with E-state index < -0.39 is 16.9 Å². The fraction of sp³-hybridized carbons (Fsp3) is 0.333. The largest absolute Gasteiger partial charge is 0.393 e. The van der Waals surface area contributed by atoms with Gasteiger partial charge in [0.05, 0.1) is 52.1 Å². The molecular formula is C45H44F2N4O3S. The van der Waals surface area contributed by atoms with E-state index in [1.54, 1.807) is 49.0 Å². The van der Waals surface area contributed by atoms with Gasteiger partial charge in [-0.15, -0.1) is 11.8 Å². The van der Waals surface area contributed by atoms with Crippen LogP contribution in [0.2, 0.25) is 0 Å². The number of ketones is 2. The van der Waals surface area contributed by atoms with Crippen LogP contribution in [-0.2, 0) is 22.4 Å². The molecule has 7 nitrogen and oxygen atoms in total. The van der Waals surface area contributed by atoms with Crippen molar-refractivity contribution in [2.45, 2.75) is 88.4 Å². The van der Waals surface area contributed by atoms with Crippen molar-refractivity contribution in [2.24, 2.45) is 10.8 Å². The third kappa shape index (κ3) is 6.95. The van der Waals surface area contributed by atoms with Crippen molar-refractivity contribution in [3.8, 4) is 11.4 Å². The molecule has 9 rings (SSSR count). The van der Waals surface area contributed by atoms with Crippen LogP contribution in [0, 0.1) is 29.4 Å². The summed E-state index contributed by atoms with van der Waals surface area (Å²) in [5, 5.41) is 19.5. The van der Waals surface area contributed by atoms with Crippen LogP contribution in [0.25, 0.3) is 23.5 Å². The van der Waals surface area contributed by atoms with Crippen LogP contribution in [0.1, 0.15) is 80.5 Å². The lowest BCUT2D eigenvalue weighted by molar-refractivity contribution is -0.127. The van der Waals surface area contributed by atoms with E-state index >= 15 is 0 Å². The van der Waals surface area contributed by atoms with Gasteiger partial charge in [-0.25, -0.2) is 18.1 Å². The summed E-state index contributed by atoms with van der Waals surface area (Å²) in [6.45, 7) is 5.45. The van der Waals surface area contributed by atoms with Gasteiger partial charge in [-0.3, -0.25) is 9.59 Å². The number of aromatic nitrogens is 4. The molecule has 3 aromatic carbocycles. The van der Waals surface area contributed by atoms with Crippen LogP contribution in [0.5, 0.6) is 0 Å². The van der Waals surface area contributed by atoms with E-state index in [-0.39, 0.29) is 23.2 Å². The molecule has 55 heavy (non-hydrogen) atoms. The molecule has 4 aliphatic carbocycles. The standard InChI is InChI=1S/C26H25FN2OS.C19H19FN2O2/c1-17-3-10-23(11-4-17)31-24-12-5-20-13-25-19(14-26(20,15-24)18(2)30)16-28-29(25)22-8-6-21(27)7-9-22;1-12(23)19-9-13-11-21-22(16-5-3-15(20)4-6-16)18(13)8-14(19)2-7-17(24)10-19/h3-4,6-11,13,16,24H,5,12,14-15H2,1-2H3;3-6,8,11,17,24H,2,7,9-10H2,1H3/t24?,26-;17?,19-/m11/s1. The molecule has 4 atom stereocenters. The third-order valence-electron chi connectivity index (χ3n) is 12.1. The summed E-state index contributed by atoms with van der Waals surface area (Å²) < 4.78 is 30.2. The first-order chi connectivity index (χ1) is 26.4. The number of benzene rings is 3. The Balaban J connectivity index is 0.000000160. The SMILES string of the molecule is CC(=O)[C@]12Cc3cnn(-c4ccc(F)cc4)c3C=C1CCC(O)C2.CC(=O)[C@]12Cc3cnn(-c4ccc(F)cc4)c3C=C1CCC(Sc1ccc(C)cc1)C2. The number of halogens is 2. The number of carbonyl (C=O) groups excluding carboxylic acids is 2. The second kappa shape index (κ2) is 14.6. The van der Waals surface area contributed by atoms with E-state index in [4.69, 9.17) is 0 Å². The van der Waals surface area contributed by atoms with Crippen molar-refractivity contribution in [1.29, 1.82) is 0 Å². The number of rotatable bonds is 6. The fourth-order valence-corrected chi connectivity index (χ4v) is 10.3. The van der Waals surface area contributed by atoms with Crippen LogP contribution in [0.3, 0.4) is 0 Å². The first-order valence-electron chi connectivity index (χ1n) is 19.0. The smallest absolute Gasteiger partial charge is 0.140 e. The van der Waals surface area contributed by atoms with E-state index in [1.807, 2.05) is 28.7 Å². The molecule has 2 aromatic heterocycles. The molecule has 0 amide bonds. The van der Waals surface area contributed by atoms with Gasteiger partial charge in [-0.05, 0) is 156 Å². The number of aliphatic hydroxyl groups is 1. The number of hydrogen-bond acceptors (Lipinski definition) is 6. The van der Waals surface area contributed by atoms with Crippen molar-refractivity contribution in [3.05, 3.63) is 136 Å². The highest BCUT2D eigenvalue weighted by atomic mass is 32.2. The second-order valence-electron chi connectivity index (χ2n) is 15.5. The van der Waals surface area contributed by atoms with Gasteiger partial charge in [0.25, 0.3) is 0 Å². The van der Waals surface area contributed by atoms with Crippen molar-refractivity contribution >= 4 is 35.5 Å². The minimum atomic E-state index is -0.596. The summed E-state index contributed by atoms with van der Waals surface area (Å²) in [6, 6.07) is 21.2. The molecule has 5 aromatic rings. The summed E-state index contributed by atoms with van der Waals surface area (Å²) in [7, 11) is 0. The Morgan fingerprint density at radius 2 is 1.18 bits per heavy atom. The summed E-state index contributed by atoms with van der Waals surface area (Å²) in [4.78, 5) is 26.7. The highest BCUT2D eigenvalue weighted by Gasteiger charge is 2.48. The molecule has 2 fully saturated rings. The normalized spacial score (nSPS) is 23.8. The molecule has 0 saturated heterocycles. The highest BCUT2D eigenvalue weighted by molar-refractivity contribution is 8.00. The van der Waals surface area contributed by atoms with Crippen molar-refractivity contribution in [2.75, 3.05) is 0 Å². The maximum Gasteiger partial charge on any atom is 0.140 e. The third-order valence-corrected chi connectivity index (χ3v) is 13.3. The summed E-state index contributed by atoms with van der Waals surface area (Å²) in [5.74, 6) is -0.195. The van der Waals surface area contributed by atoms with Crippen LogP contribution < -0.4 is 0 Å². The van der Waals surface area contributed by atoms with Crippen LogP contribution in [-0.4, -0.2) is 47.6 Å². The lowest BCUT2D eigenvalue weighted by Crippen LogP contribution is -2.42. The van der Waals surface area contributed by atoms with E-state index in [2.05, 4.69) is 47.5 Å². The van der Waals surface area contributed by atoms with Crippen molar-refractivity contribution in [1.82, 2.24) is 19.6 Å². The molecule has 0 spiro atoms. The van der Waals surface area contributed by atoms with E-state index in [9.17, 15) is 23.5 Å². The molecule has 2 saturated carbocycles. The van der Waals surface area contributed by atoms with Gasteiger partial charge in [-0.1, -0.05) is 28.8 Å². The predicted molar refractivity (Wildman–Crippen MR) is 211 cm³/mol. The van der Waals surface area contributed by atoms with Crippen LogP contribution in [0.15, 0.2) is 101 Å². The van der Waals surface area contributed by atoms with E-state index in [0.29, 0.717) is 30.9 Å². The van der Waals surface area contributed by atoms with Gasteiger partial charge < -0.3 is 5.11 Å². The molecular weight excluding hydrogens is 715 g/mol. The highest BCUT2D eigenvalue weighted by Crippen LogP contribution is 2.52. The first kappa shape index (κ1) is 37.0. The molecule has 0 aliphatic heterocycles. The van der Waals surface area contributed by atoms with E-state index in [0.717, 1.165) is 65.1 Å². The number of fused-ring (bicyclic) bond motifs is 4. The quantitative estimate of drug-likeness (QED) is 0.186. The van der Waals surface area contributed by atoms with Gasteiger partial charge in [0.1, 0.15) is 23.2 Å². The van der Waals surface area contributed by atoms with Gasteiger partial charge in [0.2, 0.25) is 0 Å². The number of aliphatic hydroxyl groups excluding tert-OH is 1. The number of thioether (sulfide) groups is 1. The Morgan fingerprint density at radius 3 is 1.67 bits per heavy atom. The van der Waals surface area contributed by atoms with E-state index in [1.165, 1.54) is 40.3 Å². The zero-order valence-electron chi connectivity index (χ0n) is 31.3. The average Bonchev–Trinajstić information content (AvgIpc) is 3.77. The number of aryl methyl sites for hydroxylation is 1. The topological polar surface area (TPSA) is 90.0 Å². The number of Topliss-reactive ketones (excluding diaryl/α,β-unsaturated/α-hetero) is 2. The molecule has 4 aliphatic rings. The van der Waals surface area contributed by atoms with Crippen molar-refractivity contribution < 1.29 is 23.5 Å². The van der Waals surface area contributed by atoms with Crippen molar-refractivity contribution in [3.63, 3.8) is 0 Å². The first-order valence-corrected chi connectivity index (χ1v) is 19.8. The molecule has 1 N–H and O–H groups in total. The maximum absolute atomic E-state index is 13.4. The van der Waals surface area contributed by atoms with Gasteiger partial charge in [-0.2, -0.15) is 10.2 Å². The zero-order chi connectivity index (χ0) is 38.5. The minimum absolute atomic E-state index is 0.104. The van der Waals surface area contributed by atoms with Crippen LogP contribution >= 0.6 is 11.8 Å². The maximum atomic E-state index is 13.4. The lowest BCUT2D eigenvalue weighted by atomic mass is 9.62. The fourth-order valence-electron chi connectivity index (χ4n) is 8.98. The Morgan fingerprint density at radius 1 is 0.709 bits per heavy atom. The summed E-state index contributed by atoms with van der Waals surface area (Å²) in [5.41, 5.74) is 8.19. The summed E-state index contributed by atoms with van der Waals surface area (Å²) >= 11 is 1.89. The van der Waals surface area contributed by atoms with Gasteiger partial charge >= 0.3 is 0 Å². The molecule has 282 valence electrons. The Kier molecular flexibility index (Phi) is 9.84. The molecule has 0 radical (unpaired) electrons. The molecule has 10 heteroatoms. The Labute approximate surface area is 324 Å². The number of allylic oxidation sites excluding steroid dienone is 2. The monoisotopic (exact) mass is 758 g/mol. The minimum Gasteiger partial charge on any atom is -0.393 e. The summed E-state index contributed by atoms with van der Waals surface area (Å²) in [6.07, 6.45) is 13.4. The zero-order valence-corrected chi connectivity index (χ0v) is 32.1. The molecule has 2 heterocycles. The number of hydrogen-bond donors (Lipinski definition) is 1. The number of carbonyl (C=O) groups is 2. The molecule has 2 unspecified atom stereocenters. The van der Waals surface area contributed by atoms with Gasteiger partial charge in [0.15, 0.2) is 0 Å². The molecule has 0 bridgehead atoms. The lowest BCUT2D eigenvalue weighted by Gasteiger charge is -2.43. The number of nitrogens with zero attached hydrogens (tertiary/aromatic N) is 4. The average molecular weight is 759 g/mol. The van der Waals surface area contributed by atoms with Gasteiger partial charge in [0, 0.05) is 10.1 Å². The van der Waals surface area contributed by atoms with Crippen LogP contribution in [0.4, 0.5) is 8.78 Å². The second-order valence-corrected chi connectivity index (χ2v) is 16.9. The predicted octanol–water partition coefficient (Wildman–Crippen LogP) is 9.25. The Bertz CT molecular complexity index is 2330. The Hall–Kier alpha value is -4.93.